The highest BCUT2D eigenvalue weighted by Gasteiger charge is 2.10. The second-order valence-corrected chi connectivity index (χ2v) is 4.73. The predicted molar refractivity (Wildman–Crippen MR) is 70.1 cm³/mol. The summed E-state index contributed by atoms with van der Waals surface area (Å²) in [6.07, 6.45) is 1.96. The Hall–Kier alpha value is -0.580. The predicted octanol–water partition coefficient (Wildman–Crippen LogP) is 2.90. The molecule has 0 saturated heterocycles. The molecule has 2 aromatic heterocycles. The fourth-order valence-corrected chi connectivity index (χ4v) is 2.49. The molecular weight excluding hydrogens is 289 g/mol. The Balaban J connectivity index is 2.37. The van der Waals surface area contributed by atoms with Gasteiger partial charge < -0.3 is 5.32 Å². The number of fused-ring (bicyclic) bond motifs is 1. The van der Waals surface area contributed by atoms with Crippen LogP contribution >= 0.6 is 27.5 Å². The van der Waals surface area contributed by atoms with Gasteiger partial charge in [0.1, 0.15) is 15.6 Å². The summed E-state index contributed by atoms with van der Waals surface area (Å²) in [5.74, 6) is 1.00. The van der Waals surface area contributed by atoms with E-state index in [0.717, 1.165) is 35.3 Å². The third kappa shape index (κ3) is 2.24. The molecule has 0 aliphatic heterocycles. The van der Waals surface area contributed by atoms with E-state index in [2.05, 4.69) is 26.2 Å². The SMILES string of the molecule is CNCCCc1nc(Br)c2cccc(Cl)n12. The number of nitrogens with one attached hydrogen (secondary N) is 1. The van der Waals surface area contributed by atoms with Crippen LogP contribution in [0.2, 0.25) is 5.15 Å². The van der Waals surface area contributed by atoms with Gasteiger partial charge in [0.25, 0.3) is 0 Å². The van der Waals surface area contributed by atoms with Crippen LogP contribution in [0.5, 0.6) is 0 Å². The van der Waals surface area contributed by atoms with E-state index in [1.54, 1.807) is 0 Å². The van der Waals surface area contributed by atoms with Gasteiger partial charge in [-0.15, -0.1) is 0 Å². The number of aryl methyl sites for hydroxylation is 1. The van der Waals surface area contributed by atoms with Crippen LogP contribution in [0.25, 0.3) is 5.52 Å². The first kappa shape index (κ1) is 11.9. The van der Waals surface area contributed by atoms with Crippen LogP contribution in [0.4, 0.5) is 0 Å². The average molecular weight is 303 g/mol. The Morgan fingerprint density at radius 2 is 2.31 bits per heavy atom. The summed E-state index contributed by atoms with van der Waals surface area (Å²) in [6.45, 7) is 0.983. The smallest absolute Gasteiger partial charge is 0.132 e. The lowest BCUT2D eigenvalue weighted by Crippen LogP contribution is -2.09. The van der Waals surface area contributed by atoms with E-state index in [1.807, 2.05) is 29.6 Å². The Labute approximate surface area is 108 Å². The molecule has 2 rings (SSSR count). The maximum absolute atomic E-state index is 6.17. The molecule has 0 spiro atoms. The zero-order valence-corrected chi connectivity index (χ0v) is 11.3. The van der Waals surface area contributed by atoms with Crippen molar-refractivity contribution in [2.24, 2.45) is 0 Å². The summed E-state index contributed by atoms with van der Waals surface area (Å²) in [7, 11) is 1.95. The summed E-state index contributed by atoms with van der Waals surface area (Å²) < 4.78 is 2.84. The van der Waals surface area contributed by atoms with Crippen molar-refractivity contribution >= 4 is 33.0 Å². The second kappa shape index (κ2) is 5.17. The Morgan fingerprint density at radius 3 is 3.06 bits per heavy atom. The van der Waals surface area contributed by atoms with Crippen molar-refractivity contribution in [1.29, 1.82) is 0 Å². The van der Waals surface area contributed by atoms with Crippen molar-refractivity contribution in [2.75, 3.05) is 13.6 Å². The van der Waals surface area contributed by atoms with Crippen LogP contribution in [0.3, 0.4) is 0 Å². The first-order valence-electron chi connectivity index (χ1n) is 5.20. The van der Waals surface area contributed by atoms with Gasteiger partial charge in [-0.3, -0.25) is 4.40 Å². The monoisotopic (exact) mass is 301 g/mol. The number of halogens is 2. The third-order valence-corrected chi connectivity index (χ3v) is 3.34. The van der Waals surface area contributed by atoms with Crippen molar-refractivity contribution < 1.29 is 0 Å². The standard InChI is InChI=1S/C11H13BrClN3/c1-14-7-3-6-10-15-11(12)8-4-2-5-9(13)16(8)10/h2,4-5,14H,3,6-7H2,1H3. The largest absolute Gasteiger partial charge is 0.320 e. The molecule has 3 nitrogen and oxygen atoms in total. The molecule has 1 N–H and O–H groups in total. The molecule has 0 unspecified atom stereocenters. The van der Waals surface area contributed by atoms with Gasteiger partial charge in [-0.05, 0) is 48.1 Å². The highest BCUT2D eigenvalue weighted by Crippen LogP contribution is 2.23. The van der Waals surface area contributed by atoms with Gasteiger partial charge in [-0.1, -0.05) is 17.7 Å². The van der Waals surface area contributed by atoms with E-state index < -0.39 is 0 Å². The Morgan fingerprint density at radius 1 is 1.50 bits per heavy atom. The molecule has 0 aliphatic carbocycles. The lowest BCUT2D eigenvalue weighted by molar-refractivity contribution is 0.700. The quantitative estimate of drug-likeness (QED) is 0.695. The summed E-state index contributed by atoms with van der Waals surface area (Å²) >= 11 is 9.63. The summed E-state index contributed by atoms with van der Waals surface area (Å²) in [4.78, 5) is 4.49. The van der Waals surface area contributed by atoms with Crippen molar-refractivity contribution in [3.05, 3.63) is 33.8 Å². The minimum atomic E-state index is 0.704. The van der Waals surface area contributed by atoms with Crippen molar-refractivity contribution in [3.63, 3.8) is 0 Å². The van der Waals surface area contributed by atoms with E-state index >= 15 is 0 Å². The first-order chi connectivity index (χ1) is 7.74. The molecule has 0 amide bonds. The molecule has 2 heterocycles. The fourth-order valence-electron chi connectivity index (χ4n) is 1.72. The third-order valence-electron chi connectivity index (χ3n) is 2.47. The number of hydrogen-bond acceptors (Lipinski definition) is 2. The van der Waals surface area contributed by atoms with Crippen LogP contribution in [0.1, 0.15) is 12.2 Å². The zero-order chi connectivity index (χ0) is 11.5. The van der Waals surface area contributed by atoms with Gasteiger partial charge in [0, 0.05) is 6.42 Å². The van der Waals surface area contributed by atoms with Crippen LogP contribution in [0, 0.1) is 0 Å². The molecule has 0 atom stereocenters. The summed E-state index contributed by atoms with van der Waals surface area (Å²) in [5, 5.41) is 3.83. The molecule has 0 radical (unpaired) electrons. The number of nitrogens with zero attached hydrogens (tertiary/aromatic N) is 2. The highest BCUT2D eigenvalue weighted by atomic mass is 79.9. The van der Waals surface area contributed by atoms with E-state index in [9.17, 15) is 0 Å². The lowest BCUT2D eigenvalue weighted by Gasteiger charge is -2.03. The molecule has 0 bridgehead atoms. The number of hydrogen-bond donors (Lipinski definition) is 1. The topological polar surface area (TPSA) is 29.3 Å². The molecule has 0 aliphatic rings. The molecular formula is C11H13BrClN3. The zero-order valence-electron chi connectivity index (χ0n) is 9.00. The summed E-state index contributed by atoms with van der Waals surface area (Å²) in [6, 6.07) is 5.82. The number of pyridine rings is 1. The van der Waals surface area contributed by atoms with E-state index in [4.69, 9.17) is 11.6 Å². The van der Waals surface area contributed by atoms with Crippen molar-refractivity contribution in [3.8, 4) is 0 Å². The van der Waals surface area contributed by atoms with Crippen LogP contribution in [0.15, 0.2) is 22.8 Å². The first-order valence-corrected chi connectivity index (χ1v) is 6.37. The molecule has 0 fully saturated rings. The van der Waals surface area contributed by atoms with Gasteiger partial charge in [0.15, 0.2) is 0 Å². The van der Waals surface area contributed by atoms with E-state index in [1.165, 1.54) is 0 Å². The average Bonchev–Trinajstić information content (AvgIpc) is 2.58. The normalized spacial score (nSPS) is 11.2. The van der Waals surface area contributed by atoms with Gasteiger partial charge in [-0.2, -0.15) is 0 Å². The highest BCUT2D eigenvalue weighted by molar-refractivity contribution is 9.10. The molecule has 0 saturated carbocycles. The molecule has 16 heavy (non-hydrogen) atoms. The van der Waals surface area contributed by atoms with E-state index in [-0.39, 0.29) is 0 Å². The van der Waals surface area contributed by atoms with Gasteiger partial charge in [0.2, 0.25) is 0 Å². The summed E-state index contributed by atoms with van der Waals surface area (Å²) in [5.41, 5.74) is 1.02. The van der Waals surface area contributed by atoms with Crippen molar-refractivity contribution in [1.82, 2.24) is 14.7 Å². The molecule has 0 aromatic carbocycles. The van der Waals surface area contributed by atoms with Crippen LogP contribution < -0.4 is 5.32 Å². The number of aromatic nitrogens is 2. The van der Waals surface area contributed by atoms with E-state index in [0.29, 0.717) is 5.15 Å². The van der Waals surface area contributed by atoms with Crippen LogP contribution in [-0.4, -0.2) is 23.0 Å². The lowest BCUT2D eigenvalue weighted by atomic mass is 10.3. The Bertz CT molecular complexity index is 495. The van der Waals surface area contributed by atoms with Gasteiger partial charge >= 0.3 is 0 Å². The molecule has 86 valence electrons. The number of rotatable bonds is 4. The van der Waals surface area contributed by atoms with Gasteiger partial charge in [-0.25, -0.2) is 4.98 Å². The minimum Gasteiger partial charge on any atom is -0.320 e. The van der Waals surface area contributed by atoms with Crippen molar-refractivity contribution in [2.45, 2.75) is 12.8 Å². The number of imidazole rings is 1. The second-order valence-electron chi connectivity index (χ2n) is 3.60. The fraction of sp³-hybridized carbons (Fsp3) is 0.364. The van der Waals surface area contributed by atoms with Gasteiger partial charge in [0.05, 0.1) is 5.52 Å². The minimum absolute atomic E-state index is 0.704. The molecule has 5 heteroatoms. The maximum Gasteiger partial charge on any atom is 0.132 e. The Kier molecular flexibility index (Phi) is 3.84. The maximum atomic E-state index is 6.17. The molecule has 2 aromatic rings. The van der Waals surface area contributed by atoms with Crippen LogP contribution in [-0.2, 0) is 6.42 Å².